The number of nitrogens with two attached hydrogens (primary N) is 1. The van der Waals surface area contributed by atoms with Crippen molar-refractivity contribution in [2.75, 3.05) is 13.1 Å². The molecule has 1 aliphatic heterocycles. The molecule has 2 unspecified atom stereocenters. The van der Waals surface area contributed by atoms with Gasteiger partial charge in [-0.2, -0.15) is 5.14 Å². The van der Waals surface area contributed by atoms with E-state index in [0.717, 1.165) is 13.1 Å². The molecule has 2 atom stereocenters. The van der Waals surface area contributed by atoms with E-state index < -0.39 is 11.4 Å². The molecular formula is C8H18N2OS. The maximum atomic E-state index is 11.2. The molecular weight excluding hydrogens is 172 g/mol. The van der Waals surface area contributed by atoms with Gasteiger partial charge in [0.25, 0.3) is 0 Å². The smallest absolute Gasteiger partial charge is 0.142 e. The van der Waals surface area contributed by atoms with E-state index in [0.29, 0.717) is 11.8 Å². The Labute approximate surface area is 77.4 Å². The lowest BCUT2D eigenvalue weighted by Gasteiger charge is -2.40. The van der Waals surface area contributed by atoms with Crippen LogP contribution in [0.3, 0.4) is 0 Å². The average molecular weight is 190 g/mol. The van der Waals surface area contributed by atoms with Crippen LogP contribution in [-0.2, 0) is 11.4 Å². The van der Waals surface area contributed by atoms with Crippen LogP contribution in [0.15, 0.2) is 0 Å². The summed E-state index contributed by atoms with van der Waals surface area (Å²) in [4.78, 5) is 0. The van der Waals surface area contributed by atoms with Crippen LogP contribution in [0.1, 0.15) is 20.8 Å². The van der Waals surface area contributed by atoms with Crippen molar-refractivity contribution in [3.05, 3.63) is 0 Å². The van der Waals surface area contributed by atoms with E-state index in [-0.39, 0.29) is 4.75 Å². The Morgan fingerprint density at radius 2 is 2.08 bits per heavy atom. The van der Waals surface area contributed by atoms with E-state index in [1.807, 2.05) is 13.8 Å². The summed E-state index contributed by atoms with van der Waals surface area (Å²) in [6.45, 7) is 8.18. The zero-order valence-electron chi connectivity index (χ0n) is 7.96. The van der Waals surface area contributed by atoms with Crippen LogP contribution < -0.4 is 10.5 Å². The van der Waals surface area contributed by atoms with Crippen molar-refractivity contribution in [3.8, 4) is 0 Å². The van der Waals surface area contributed by atoms with Crippen molar-refractivity contribution in [2.24, 2.45) is 17.0 Å². The van der Waals surface area contributed by atoms with Crippen molar-refractivity contribution in [1.82, 2.24) is 5.32 Å². The minimum atomic E-state index is -1.22. The molecule has 72 valence electrons. The highest BCUT2D eigenvalue weighted by Gasteiger charge is 2.42. The summed E-state index contributed by atoms with van der Waals surface area (Å²) in [6.07, 6.45) is 0. The molecule has 3 N–H and O–H groups in total. The van der Waals surface area contributed by atoms with E-state index in [9.17, 15) is 4.55 Å². The van der Waals surface area contributed by atoms with Gasteiger partial charge >= 0.3 is 0 Å². The van der Waals surface area contributed by atoms with Gasteiger partial charge in [-0.15, -0.1) is 0 Å². The van der Waals surface area contributed by atoms with Crippen LogP contribution in [0, 0.1) is 11.8 Å². The summed E-state index contributed by atoms with van der Waals surface area (Å²) < 4.78 is 11.0. The third-order valence-electron chi connectivity index (χ3n) is 3.14. The largest absolute Gasteiger partial charge is 0.598 e. The van der Waals surface area contributed by atoms with Crippen molar-refractivity contribution in [1.29, 1.82) is 0 Å². The van der Waals surface area contributed by atoms with Gasteiger partial charge in [-0.25, -0.2) is 0 Å². The third kappa shape index (κ3) is 1.76. The van der Waals surface area contributed by atoms with Crippen LogP contribution in [0.5, 0.6) is 0 Å². The Morgan fingerprint density at radius 3 is 2.33 bits per heavy atom. The molecule has 0 spiro atoms. The quantitative estimate of drug-likeness (QED) is 0.627. The normalized spacial score (nSPS) is 24.8. The molecule has 1 fully saturated rings. The molecule has 0 saturated carbocycles. The topological polar surface area (TPSA) is 61.1 Å². The lowest BCUT2D eigenvalue weighted by atomic mass is 9.81. The van der Waals surface area contributed by atoms with Crippen LogP contribution in [0.2, 0.25) is 0 Å². The second kappa shape index (κ2) is 3.54. The standard InChI is InChI=1S/C8H18N2OS/c1-6(7-4-10-5-7)8(2,3)12(9)11/h6-7,10H,4-5,9H2,1-3H3. The lowest BCUT2D eigenvalue weighted by Crippen LogP contribution is -2.54. The summed E-state index contributed by atoms with van der Waals surface area (Å²) in [6, 6.07) is 0. The molecule has 0 aromatic carbocycles. The molecule has 1 rings (SSSR count). The van der Waals surface area contributed by atoms with E-state index >= 15 is 0 Å². The molecule has 1 heterocycles. The number of hydrogen-bond acceptors (Lipinski definition) is 3. The molecule has 12 heavy (non-hydrogen) atoms. The second-order valence-corrected chi connectivity index (χ2v) is 5.75. The van der Waals surface area contributed by atoms with E-state index in [1.165, 1.54) is 0 Å². The van der Waals surface area contributed by atoms with Gasteiger partial charge in [0.2, 0.25) is 0 Å². The summed E-state index contributed by atoms with van der Waals surface area (Å²) in [5, 5.41) is 8.65. The fourth-order valence-electron chi connectivity index (χ4n) is 1.42. The molecule has 3 nitrogen and oxygen atoms in total. The van der Waals surface area contributed by atoms with Gasteiger partial charge in [0.05, 0.1) is 0 Å². The monoisotopic (exact) mass is 190 g/mol. The van der Waals surface area contributed by atoms with Gasteiger partial charge in [0, 0.05) is 17.3 Å². The highest BCUT2D eigenvalue weighted by molar-refractivity contribution is 7.90. The van der Waals surface area contributed by atoms with Crippen LogP contribution >= 0.6 is 0 Å². The van der Waals surface area contributed by atoms with Crippen LogP contribution in [0.25, 0.3) is 0 Å². The molecule has 1 aliphatic rings. The fraction of sp³-hybridized carbons (Fsp3) is 1.00. The predicted octanol–water partition coefficient (Wildman–Crippen LogP) is 0.243. The first kappa shape index (κ1) is 10.3. The zero-order valence-corrected chi connectivity index (χ0v) is 8.78. The summed E-state index contributed by atoms with van der Waals surface area (Å²) in [5.41, 5.74) is 0. The molecule has 1 saturated heterocycles. The van der Waals surface area contributed by atoms with Crippen molar-refractivity contribution in [3.63, 3.8) is 0 Å². The SMILES string of the molecule is CC(C1CNC1)C(C)(C)[S+](N)[O-]. The Balaban J connectivity index is 2.53. The predicted molar refractivity (Wildman–Crippen MR) is 51.9 cm³/mol. The number of nitrogens with one attached hydrogen (secondary N) is 1. The van der Waals surface area contributed by atoms with Crippen molar-refractivity contribution < 1.29 is 4.55 Å². The van der Waals surface area contributed by atoms with Crippen LogP contribution in [-0.4, -0.2) is 22.4 Å². The van der Waals surface area contributed by atoms with Crippen LogP contribution in [0.4, 0.5) is 0 Å². The van der Waals surface area contributed by atoms with Gasteiger partial charge in [0.15, 0.2) is 0 Å². The summed E-state index contributed by atoms with van der Waals surface area (Å²) >= 11 is -1.22. The minimum Gasteiger partial charge on any atom is -0.598 e. The highest BCUT2D eigenvalue weighted by Crippen LogP contribution is 2.31. The molecule has 0 aromatic heterocycles. The number of hydrogen-bond donors (Lipinski definition) is 2. The van der Waals surface area contributed by atoms with E-state index in [1.54, 1.807) is 0 Å². The lowest BCUT2D eigenvalue weighted by molar-refractivity contribution is 0.211. The maximum Gasteiger partial charge on any atom is 0.142 e. The Morgan fingerprint density at radius 1 is 1.58 bits per heavy atom. The first-order valence-corrected chi connectivity index (χ1v) is 5.54. The first-order chi connectivity index (χ1) is 5.46. The Hall–Kier alpha value is 0.230. The first-order valence-electron chi connectivity index (χ1n) is 4.33. The molecule has 0 aromatic rings. The summed E-state index contributed by atoms with van der Waals surface area (Å²) in [5.74, 6) is 1.07. The van der Waals surface area contributed by atoms with Gasteiger partial charge in [-0.05, 0) is 32.9 Å². The minimum absolute atomic E-state index is 0.257. The molecule has 4 heteroatoms. The van der Waals surface area contributed by atoms with E-state index in [4.69, 9.17) is 5.14 Å². The molecule has 0 aliphatic carbocycles. The average Bonchev–Trinajstić information content (AvgIpc) is 1.83. The molecule has 0 amide bonds. The van der Waals surface area contributed by atoms with Crippen molar-refractivity contribution in [2.45, 2.75) is 25.5 Å². The molecule has 0 bridgehead atoms. The van der Waals surface area contributed by atoms with Crippen molar-refractivity contribution >= 4 is 11.4 Å². The second-order valence-electron chi connectivity index (χ2n) is 4.11. The van der Waals surface area contributed by atoms with Gasteiger partial charge in [-0.3, -0.25) is 0 Å². The van der Waals surface area contributed by atoms with Gasteiger partial charge in [0.1, 0.15) is 4.75 Å². The maximum absolute atomic E-state index is 11.2. The highest BCUT2D eigenvalue weighted by atomic mass is 32.2. The van der Waals surface area contributed by atoms with E-state index in [2.05, 4.69) is 12.2 Å². The van der Waals surface area contributed by atoms with Gasteiger partial charge in [-0.1, -0.05) is 6.92 Å². The molecule has 0 radical (unpaired) electrons. The Bertz CT molecular complexity index is 157. The Kier molecular flexibility index (Phi) is 3.04. The van der Waals surface area contributed by atoms with Gasteiger partial charge < -0.3 is 9.87 Å². The zero-order chi connectivity index (χ0) is 9.35. The fourth-order valence-corrected chi connectivity index (χ4v) is 1.97. The number of rotatable bonds is 3. The third-order valence-corrected chi connectivity index (χ3v) is 4.54. The summed E-state index contributed by atoms with van der Waals surface area (Å²) in [7, 11) is 0.